The minimum absolute atomic E-state index is 0.0175. The van der Waals surface area contributed by atoms with E-state index in [1.165, 1.54) is 19.8 Å². The zero-order valence-electron chi connectivity index (χ0n) is 18.4. The largest absolute Gasteiger partial charge is 0.460 e. The molecule has 1 N–H and O–H groups in total. The lowest BCUT2D eigenvalue weighted by molar-refractivity contribution is -0.439. The highest BCUT2D eigenvalue weighted by Gasteiger charge is 2.61. The van der Waals surface area contributed by atoms with Gasteiger partial charge >= 0.3 is 5.97 Å². The van der Waals surface area contributed by atoms with Crippen LogP contribution in [0.2, 0.25) is 0 Å². The lowest BCUT2D eigenvalue weighted by Crippen LogP contribution is -2.60. The van der Waals surface area contributed by atoms with Crippen LogP contribution < -0.4 is 0 Å². The molecule has 2 aliphatic rings. The van der Waals surface area contributed by atoms with Crippen molar-refractivity contribution < 1.29 is 24.4 Å². The molecule has 2 fully saturated rings. The summed E-state index contributed by atoms with van der Waals surface area (Å²) < 4.78 is 11.5. The minimum atomic E-state index is -0.983. The number of esters is 1. The third kappa shape index (κ3) is 4.20. The fourth-order valence-corrected chi connectivity index (χ4v) is 6.36. The topological polar surface area (TPSA) is 65.0 Å². The van der Waals surface area contributed by atoms with Gasteiger partial charge in [-0.1, -0.05) is 34.1 Å². The van der Waals surface area contributed by atoms with Gasteiger partial charge in [-0.05, 0) is 62.2 Å². The molecule has 2 rings (SSSR count). The van der Waals surface area contributed by atoms with Crippen LogP contribution in [0.5, 0.6) is 0 Å². The Hall–Kier alpha value is -0.650. The van der Waals surface area contributed by atoms with E-state index in [1.807, 2.05) is 13.8 Å². The predicted molar refractivity (Wildman–Crippen MR) is 105 cm³/mol. The van der Waals surface area contributed by atoms with Crippen molar-refractivity contribution in [2.24, 2.45) is 22.7 Å². The third-order valence-electron chi connectivity index (χ3n) is 7.98. The maximum atomic E-state index is 11.6. The fraction of sp³-hybridized carbons (Fsp3) is 0.955. The van der Waals surface area contributed by atoms with Gasteiger partial charge in [0.25, 0.3) is 0 Å². The SMILES string of the molecule is CC[C@@](C)(CC[C@H]1C(OC)(OO)CC[C@H]2C(C)(C)CCC[C@@]21C)OC(C)=O. The first-order chi connectivity index (χ1) is 12.5. The van der Waals surface area contributed by atoms with Crippen LogP contribution in [0, 0.1) is 22.7 Å². The van der Waals surface area contributed by atoms with Gasteiger partial charge in [0.05, 0.1) is 0 Å². The van der Waals surface area contributed by atoms with Crippen molar-refractivity contribution in [2.45, 2.75) is 104 Å². The van der Waals surface area contributed by atoms with E-state index in [2.05, 4.69) is 20.8 Å². The number of hydrogen-bond acceptors (Lipinski definition) is 5. The Morgan fingerprint density at radius 2 is 1.89 bits per heavy atom. The lowest BCUT2D eigenvalue weighted by atomic mass is 9.46. The molecule has 0 aromatic rings. The summed E-state index contributed by atoms with van der Waals surface area (Å²) in [4.78, 5) is 16.6. The fourth-order valence-electron chi connectivity index (χ4n) is 6.36. The smallest absolute Gasteiger partial charge is 0.303 e. The van der Waals surface area contributed by atoms with E-state index in [4.69, 9.17) is 14.4 Å². The molecule has 27 heavy (non-hydrogen) atoms. The Labute approximate surface area is 165 Å². The monoisotopic (exact) mass is 384 g/mol. The second-order valence-electron chi connectivity index (χ2n) is 10.0. The van der Waals surface area contributed by atoms with E-state index in [9.17, 15) is 10.1 Å². The lowest BCUT2D eigenvalue weighted by Gasteiger charge is -2.61. The zero-order chi connectivity index (χ0) is 20.5. The zero-order valence-corrected chi connectivity index (χ0v) is 18.4. The highest BCUT2D eigenvalue weighted by Crippen LogP contribution is 2.63. The van der Waals surface area contributed by atoms with E-state index in [1.54, 1.807) is 7.11 Å². The standard InChI is InChI=1S/C22H40O5/c1-8-20(5,26-16(2)23)14-10-18-21(6)13-9-12-19(3,4)17(21)11-15-22(18,25-7)27-24/h17-18,24H,8-15H2,1-7H3/t17-,18+,20-,21-,22?/m0/s1. The molecule has 2 aliphatic carbocycles. The van der Waals surface area contributed by atoms with Crippen LogP contribution in [0.1, 0.15) is 92.9 Å². The summed E-state index contributed by atoms with van der Waals surface area (Å²) in [5.74, 6) is -0.630. The highest BCUT2D eigenvalue weighted by molar-refractivity contribution is 5.66. The molecule has 0 saturated heterocycles. The number of ether oxygens (including phenoxy) is 2. The van der Waals surface area contributed by atoms with E-state index in [-0.39, 0.29) is 22.7 Å². The first-order valence-electron chi connectivity index (χ1n) is 10.6. The third-order valence-corrected chi connectivity index (χ3v) is 7.98. The maximum absolute atomic E-state index is 11.6. The highest BCUT2D eigenvalue weighted by atomic mass is 17.1. The van der Waals surface area contributed by atoms with Crippen LogP contribution >= 0.6 is 0 Å². The molecule has 0 aromatic carbocycles. The minimum Gasteiger partial charge on any atom is -0.460 e. The average molecular weight is 385 g/mol. The predicted octanol–water partition coefficient (Wildman–Crippen LogP) is 5.57. The molecule has 5 atom stereocenters. The van der Waals surface area contributed by atoms with E-state index in [0.717, 1.165) is 32.1 Å². The number of carbonyl (C=O) groups is 1. The quantitative estimate of drug-likeness (QED) is 0.269. The van der Waals surface area contributed by atoms with Gasteiger partial charge in [-0.25, -0.2) is 10.1 Å². The Balaban J connectivity index is 2.35. The summed E-state index contributed by atoms with van der Waals surface area (Å²) in [6, 6.07) is 0. The summed E-state index contributed by atoms with van der Waals surface area (Å²) in [7, 11) is 1.63. The molecule has 0 aliphatic heterocycles. The molecule has 158 valence electrons. The molecule has 0 spiro atoms. The van der Waals surface area contributed by atoms with Crippen LogP contribution in [-0.2, 0) is 19.2 Å². The molecule has 5 heteroatoms. The van der Waals surface area contributed by atoms with E-state index < -0.39 is 11.4 Å². The van der Waals surface area contributed by atoms with Gasteiger partial charge < -0.3 is 9.47 Å². The van der Waals surface area contributed by atoms with Gasteiger partial charge in [0.2, 0.25) is 5.79 Å². The van der Waals surface area contributed by atoms with Crippen molar-refractivity contribution >= 4 is 5.97 Å². The molecule has 0 heterocycles. The second-order valence-corrected chi connectivity index (χ2v) is 10.0. The Bertz CT molecular complexity index is 527. The summed E-state index contributed by atoms with van der Waals surface area (Å²) in [6.07, 6.45) is 7.46. The van der Waals surface area contributed by atoms with Crippen LogP contribution in [0.3, 0.4) is 0 Å². The number of hydrogen-bond donors (Lipinski definition) is 1. The summed E-state index contributed by atoms with van der Waals surface area (Å²) in [6.45, 7) is 12.6. The Morgan fingerprint density at radius 1 is 1.22 bits per heavy atom. The second kappa shape index (κ2) is 8.00. The number of carbonyl (C=O) groups excluding carboxylic acids is 1. The summed E-state index contributed by atoms with van der Waals surface area (Å²) in [5.41, 5.74) is -0.220. The van der Waals surface area contributed by atoms with Crippen LogP contribution in [-0.4, -0.2) is 29.7 Å². The average Bonchev–Trinajstić information content (AvgIpc) is 2.58. The van der Waals surface area contributed by atoms with E-state index >= 15 is 0 Å². The molecule has 0 radical (unpaired) electrons. The van der Waals surface area contributed by atoms with Crippen molar-refractivity contribution in [1.29, 1.82) is 0 Å². The molecule has 2 saturated carbocycles. The van der Waals surface area contributed by atoms with Crippen molar-refractivity contribution in [2.75, 3.05) is 7.11 Å². The molecular weight excluding hydrogens is 344 g/mol. The van der Waals surface area contributed by atoms with Crippen molar-refractivity contribution in [1.82, 2.24) is 0 Å². The summed E-state index contributed by atoms with van der Waals surface area (Å²) >= 11 is 0. The Kier molecular flexibility index (Phi) is 6.71. The van der Waals surface area contributed by atoms with Gasteiger partial charge in [-0.2, -0.15) is 0 Å². The molecule has 1 unspecified atom stereocenters. The van der Waals surface area contributed by atoms with E-state index in [0.29, 0.717) is 12.3 Å². The normalized spacial score (nSPS) is 37.9. The number of methoxy groups -OCH3 is 1. The van der Waals surface area contributed by atoms with Gasteiger partial charge in [0.15, 0.2) is 0 Å². The number of fused-ring (bicyclic) bond motifs is 1. The number of rotatable bonds is 7. The molecule has 0 amide bonds. The molecular formula is C22H40O5. The molecule has 0 aromatic heterocycles. The van der Waals surface area contributed by atoms with Crippen LogP contribution in [0.4, 0.5) is 0 Å². The molecule has 0 bridgehead atoms. The van der Waals surface area contributed by atoms with Gasteiger partial charge in [-0.15, -0.1) is 0 Å². The van der Waals surface area contributed by atoms with Crippen molar-refractivity contribution in [3.05, 3.63) is 0 Å². The maximum Gasteiger partial charge on any atom is 0.303 e. The Morgan fingerprint density at radius 3 is 2.41 bits per heavy atom. The summed E-state index contributed by atoms with van der Waals surface area (Å²) in [5, 5.41) is 9.87. The first-order valence-corrected chi connectivity index (χ1v) is 10.6. The van der Waals surface area contributed by atoms with Gasteiger partial charge in [0, 0.05) is 26.4 Å². The van der Waals surface area contributed by atoms with Crippen LogP contribution in [0.15, 0.2) is 0 Å². The van der Waals surface area contributed by atoms with Crippen molar-refractivity contribution in [3.8, 4) is 0 Å². The molecule has 5 nitrogen and oxygen atoms in total. The van der Waals surface area contributed by atoms with Crippen LogP contribution in [0.25, 0.3) is 0 Å². The van der Waals surface area contributed by atoms with Gasteiger partial charge in [0.1, 0.15) is 5.60 Å². The first kappa shape index (κ1) is 22.6. The van der Waals surface area contributed by atoms with Crippen molar-refractivity contribution in [3.63, 3.8) is 0 Å². The van der Waals surface area contributed by atoms with Gasteiger partial charge in [-0.3, -0.25) is 4.79 Å².